The van der Waals surface area contributed by atoms with E-state index in [1.165, 1.54) is 31.2 Å². The molecule has 0 fully saturated rings. The number of ether oxygens (including phenoxy) is 2. The third kappa shape index (κ3) is 5.74. The number of hydrogen-bond acceptors (Lipinski definition) is 7. The van der Waals surface area contributed by atoms with E-state index in [0.717, 1.165) is 0 Å². The molecule has 0 spiro atoms. The third-order valence-electron chi connectivity index (χ3n) is 2.83. The van der Waals surface area contributed by atoms with E-state index in [9.17, 15) is 25.4 Å². The molecule has 0 aromatic heterocycles. The van der Waals surface area contributed by atoms with Crippen molar-refractivity contribution in [3.63, 3.8) is 0 Å². The van der Waals surface area contributed by atoms with Crippen molar-refractivity contribution in [1.29, 1.82) is 0 Å². The number of rotatable bonds is 8. The van der Waals surface area contributed by atoms with Crippen molar-refractivity contribution >= 4 is 5.69 Å². The van der Waals surface area contributed by atoms with Gasteiger partial charge in [0.15, 0.2) is 0 Å². The summed E-state index contributed by atoms with van der Waals surface area (Å²) >= 11 is 0. The summed E-state index contributed by atoms with van der Waals surface area (Å²) in [5.41, 5.74) is 0.566. The lowest BCUT2D eigenvalue weighted by atomic mass is 10.2. The molecule has 3 unspecified atom stereocenters. The molecule has 0 saturated carbocycles. The summed E-state index contributed by atoms with van der Waals surface area (Å²) in [6, 6.07) is 5.64. The minimum atomic E-state index is -1.87. The predicted molar refractivity (Wildman–Crippen MR) is 72.1 cm³/mol. The summed E-state index contributed by atoms with van der Waals surface area (Å²) < 4.78 is 10.4. The molecule has 0 amide bonds. The molecule has 3 N–H and O–H groups in total. The van der Waals surface area contributed by atoms with Crippen LogP contribution in [0.15, 0.2) is 24.3 Å². The molecule has 3 atom stereocenters. The smallest absolute Gasteiger partial charge is 0.269 e. The number of aliphatic hydroxyl groups is 3. The van der Waals surface area contributed by atoms with Crippen molar-refractivity contribution in [3.05, 3.63) is 39.9 Å². The van der Waals surface area contributed by atoms with Crippen molar-refractivity contribution in [2.24, 2.45) is 0 Å². The van der Waals surface area contributed by atoms with Crippen LogP contribution in [0, 0.1) is 10.1 Å². The normalized spacial score (nSPS) is 15.7. The largest absolute Gasteiger partial charge is 0.391 e. The van der Waals surface area contributed by atoms with Crippen LogP contribution in [0.3, 0.4) is 0 Å². The van der Waals surface area contributed by atoms with Crippen molar-refractivity contribution < 1.29 is 29.7 Å². The van der Waals surface area contributed by atoms with Crippen LogP contribution < -0.4 is 0 Å². The van der Waals surface area contributed by atoms with Crippen LogP contribution in [0.25, 0.3) is 0 Å². The van der Waals surface area contributed by atoms with Crippen LogP contribution in [-0.2, 0) is 16.1 Å². The van der Waals surface area contributed by atoms with Crippen LogP contribution in [0.4, 0.5) is 5.69 Å². The van der Waals surface area contributed by atoms with Gasteiger partial charge in [-0.2, -0.15) is 0 Å². The fraction of sp³-hybridized carbons (Fsp3) is 0.538. The average Bonchev–Trinajstić information content (AvgIpc) is 2.43. The monoisotopic (exact) mass is 301 g/mol. The number of hydrogen-bond donors (Lipinski definition) is 3. The highest BCUT2D eigenvalue weighted by atomic mass is 16.7. The first kappa shape index (κ1) is 17.5. The van der Waals surface area contributed by atoms with Gasteiger partial charge < -0.3 is 24.8 Å². The fourth-order valence-electron chi connectivity index (χ4n) is 1.41. The molecule has 0 aliphatic carbocycles. The highest BCUT2D eigenvalue weighted by Gasteiger charge is 2.23. The zero-order valence-corrected chi connectivity index (χ0v) is 11.7. The summed E-state index contributed by atoms with van der Waals surface area (Å²) in [5, 5.41) is 38.2. The minimum absolute atomic E-state index is 0.0210. The highest BCUT2D eigenvalue weighted by Crippen LogP contribution is 2.15. The van der Waals surface area contributed by atoms with E-state index in [2.05, 4.69) is 0 Å². The zero-order chi connectivity index (χ0) is 16.0. The first-order valence-electron chi connectivity index (χ1n) is 6.36. The third-order valence-corrected chi connectivity index (χ3v) is 2.83. The van der Waals surface area contributed by atoms with E-state index in [4.69, 9.17) is 9.47 Å². The number of nitrogens with zero attached hydrogens (tertiary/aromatic N) is 1. The Morgan fingerprint density at radius 3 is 2.19 bits per heavy atom. The molecule has 0 aliphatic heterocycles. The van der Waals surface area contributed by atoms with Gasteiger partial charge in [-0.1, -0.05) is 0 Å². The van der Waals surface area contributed by atoms with Crippen LogP contribution in [0.5, 0.6) is 0 Å². The van der Waals surface area contributed by atoms with E-state index < -0.39 is 29.7 Å². The second-order valence-electron chi connectivity index (χ2n) is 4.60. The molecule has 1 aromatic carbocycles. The second kappa shape index (κ2) is 8.01. The molecule has 118 valence electrons. The van der Waals surface area contributed by atoms with Crippen LogP contribution in [0.2, 0.25) is 0 Å². The summed E-state index contributed by atoms with van der Waals surface area (Å²) in [6.07, 6.45) is -4.64. The summed E-state index contributed by atoms with van der Waals surface area (Å²) in [5.74, 6) is 0. The van der Waals surface area contributed by atoms with Gasteiger partial charge >= 0.3 is 0 Å². The number of benzene rings is 1. The number of non-ortho nitro benzene ring substituents is 1. The molecule has 0 aliphatic rings. The van der Waals surface area contributed by atoms with Crippen molar-refractivity contribution in [3.8, 4) is 0 Å². The average molecular weight is 301 g/mol. The standard InChI is InChI=1S/C13H19NO7/c1-8(15)9(2)21-13(12(16)17)20-7-10-3-5-11(6-4-10)14(18)19/h3-6,8-9,12-13,15-17H,7H2,1-2H3. The lowest BCUT2D eigenvalue weighted by Gasteiger charge is -2.25. The molecule has 1 aromatic rings. The molecule has 0 bridgehead atoms. The summed E-state index contributed by atoms with van der Waals surface area (Å²) in [7, 11) is 0. The maximum atomic E-state index is 10.5. The summed E-state index contributed by atoms with van der Waals surface area (Å²) in [6.45, 7) is 3.05. The minimum Gasteiger partial charge on any atom is -0.391 e. The van der Waals surface area contributed by atoms with Gasteiger partial charge in [-0.15, -0.1) is 0 Å². The molecule has 8 nitrogen and oxygen atoms in total. The molecule has 0 saturated heterocycles. The molecule has 8 heteroatoms. The number of aliphatic hydroxyl groups excluding tert-OH is 2. The zero-order valence-electron chi connectivity index (χ0n) is 11.7. The van der Waals surface area contributed by atoms with E-state index in [-0.39, 0.29) is 12.3 Å². The Morgan fingerprint density at radius 1 is 1.19 bits per heavy atom. The molecule has 21 heavy (non-hydrogen) atoms. The summed E-state index contributed by atoms with van der Waals surface area (Å²) in [4.78, 5) is 10.0. The van der Waals surface area contributed by atoms with Crippen LogP contribution >= 0.6 is 0 Å². The Morgan fingerprint density at radius 2 is 1.76 bits per heavy atom. The van der Waals surface area contributed by atoms with E-state index in [0.29, 0.717) is 5.56 Å². The van der Waals surface area contributed by atoms with E-state index in [1.54, 1.807) is 6.92 Å². The van der Waals surface area contributed by atoms with Gasteiger partial charge in [-0.25, -0.2) is 0 Å². The van der Waals surface area contributed by atoms with Crippen LogP contribution in [0.1, 0.15) is 19.4 Å². The predicted octanol–water partition coefficient (Wildman–Crippen LogP) is 0.534. The van der Waals surface area contributed by atoms with Gasteiger partial charge in [0.25, 0.3) is 5.69 Å². The lowest BCUT2D eigenvalue weighted by molar-refractivity contribution is -0.384. The molecule has 0 heterocycles. The Labute approximate surface area is 121 Å². The van der Waals surface area contributed by atoms with Gasteiger partial charge in [0.2, 0.25) is 12.6 Å². The maximum absolute atomic E-state index is 10.5. The lowest BCUT2D eigenvalue weighted by Crippen LogP contribution is -2.37. The van der Waals surface area contributed by atoms with Gasteiger partial charge in [0.1, 0.15) is 0 Å². The molecular formula is C13H19NO7. The maximum Gasteiger partial charge on any atom is 0.269 e. The number of nitro groups is 1. The van der Waals surface area contributed by atoms with Crippen LogP contribution in [-0.4, -0.2) is 45.0 Å². The first-order valence-corrected chi connectivity index (χ1v) is 6.36. The van der Waals surface area contributed by atoms with Crippen molar-refractivity contribution in [2.45, 2.75) is 45.2 Å². The van der Waals surface area contributed by atoms with Gasteiger partial charge in [0.05, 0.1) is 23.7 Å². The van der Waals surface area contributed by atoms with E-state index >= 15 is 0 Å². The Bertz CT molecular complexity index is 446. The topological polar surface area (TPSA) is 122 Å². The fourth-order valence-corrected chi connectivity index (χ4v) is 1.41. The van der Waals surface area contributed by atoms with E-state index in [1.807, 2.05) is 0 Å². The Hall–Kier alpha value is -1.58. The van der Waals surface area contributed by atoms with Gasteiger partial charge in [-0.05, 0) is 31.5 Å². The molecule has 1 rings (SSSR count). The quantitative estimate of drug-likeness (QED) is 0.364. The number of nitro benzene ring substituents is 1. The van der Waals surface area contributed by atoms with Gasteiger partial charge in [-0.3, -0.25) is 10.1 Å². The Balaban J connectivity index is 2.58. The van der Waals surface area contributed by atoms with Crippen molar-refractivity contribution in [1.82, 2.24) is 0 Å². The molecule has 0 radical (unpaired) electrons. The Kier molecular flexibility index (Phi) is 6.66. The SMILES string of the molecule is CC(O)C(C)OC(OCc1ccc([N+](=O)[O-])cc1)C(O)O. The molecular weight excluding hydrogens is 282 g/mol. The second-order valence-corrected chi connectivity index (χ2v) is 4.60. The van der Waals surface area contributed by atoms with Crippen molar-refractivity contribution in [2.75, 3.05) is 0 Å². The highest BCUT2D eigenvalue weighted by molar-refractivity contribution is 5.32. The van der Waals surface area contributed by atoms with Gasteiger partial charge in [0, 0.05) is 12.1 Å². The first-order chi connectivity index (χ1) is 9.81.